The average molecular weight is 1260 g/mol. The van der Waals surface area contributed by atoms with Crippen LogP contribution in [0.25, 0.3) is 0 Å². The number of ether oxygens (including phenoxy) is 12. The third-order valence-corrected chi connectivity index (χ3v) is 20.9. The summed E-state index contributed by atoms with van der Waals surface area (Å²) in [7, 11) is 0. The van der Waals surface area contributed by atoms with Crippen LogP contribution in [0.2, 0.25) is 0 Å². The van der Waals surface area contributed by atoms with Crippen molar-refractivity contribution in [2.75, 3.05) is 39.6 Å². The Morgan fingerprint density at radius 3 is 1.38 bits per heavy atom. The maximum Gasteiger partial charge on any atom is 0.314 e. The molecule has 6 saturated heterocycles. The van der Waals surface area contributed by atoms with Crippen molar-refractivity contribution in [3.8, 4) is 0 Å². The number of aliphatic hydroxyl groups is 19. The van der Waals surface area contributed by atoms with Gasteiger partial charge in [0.25, 0.3) is 0 Å². The predicted molar refractivity (Wildman–Crippen MR) is 278 cm³/mol. The molecule has 6 aliphatic heterocycles. The first kappa shape index (κ1) is 67.9. The molecule has 10 aliphatic rings. The molecule has 500 valence electrons. The first-order chi connectivity index (χ1) is 41.2. The number of esters is 1. The van der Waals surface area contributed by atoms with Crippen molar-refractivity contribution in [3.63, 3.8) is 0 Å². The van der Waals surface area contributed by atoms with Gasteiger partial charge in [0.2, 0.25) is 6.29 Å². The third kappa shape index (κ3) is 12.0. The second kappa shape index (κ2) is 26.4. The number of carbonyl (C=O) groups excluding carboxylic acids is 1. The molecule has 4 saturated carbocycles. The van der Waals surface area contributed by atoms with Crippen molar-refractivity contribution in [3.05, 3.63) is 12.2 Å². The summed E-state index contributed by atoms with van der Waals surface area (Å²) in [5.74, 6) is -1.34. The quantitative estimate of drug-likeness (QED) is 0.0365. The van der Waals surface area contributed by atoms with Crippen LogP contribution < -0.4 is 0 Å². The van der Waals surface area contributed by atoms with Crippen LogP contribution in [0.3, 0.4) is 0 Å². The zero-order chi connectivity index (χ0) is 63.1. The minimum Gasteiger partial charge on any atom is -0.432 e. The fourth-order valence-corrected chi connectivity index (χ4v) is 16.1. The molecule has 0 aromatic heterocycles. The lowest BCUT2D eigenvalue weighted by Crippen LogP contribution is -2.68. The van der Waals surface area contributed by atoms with Crippen molar-refractivity contribution in [1.82, 2.24) is 0 Å². The molecule has 32 heteroatoms. The van der Waals surface area contributed by atoms with E-state index >= 15 is 4.79 Å². The van der Waals surface area contributed by atoms with Gasteiger partial charge in [-0.3, -0.25) is 4.79 Å². The van der Waals surface area contributed by atoms with Crippen molar-refractivity contribution in [2.45, 2.75) is 255 Å². The van der Waals surface area contributed by atoms with E-state index in [4.69, 9.17) is 56.8 Å². The maximum atomic E-state index is 15.3. The fourth-order valence-electron chi connectivity index (χ4n) is 16.1. The summed E-state index contributed by atoms with van der Waals surface area (Å²) < 4.78 is 72.7. The SMILES string of the molecule is C=C1CC23CCC4[C@](C)(C(=O)O[C@@H]5O[C@H](CO)[C@@H](O)[C@H](O[C@@H]6O[C@H](CO)[C@H](O)[C@H](O)[C@H]6O)[C@H]5O[C@@H]5OC[C@@H](O)[C@H](O)[C@H]5O)CCC[C@@]4(C)[C@@H]2CCC1(O[C@@H]1O[C@H](CO)[C@H](O)[C@H](O[C@@H]2O[C@H](CO)[C@@H](O)[C@H](O)[C@H]2O)[C@H]1O[C@@H]1O[C@H](CO)[C@@H](O)[C@H](O)[C@H]1O)C3. The molecule has 0 aromatic rings. The van der Waals surface area contributed by atoms with E-state index in [0.717, 1.165) is 0 Å². The predicted octanol–water partition coefficient (Wildman–Crippen LogP) is -8.83. The monoisotopic (exact) mass is 1260 g/mol. The summed E-state index contributed by atoms with van der Waals surface area (Å²) in [6.07, 6.45) is -48.7. The highest BCUT2D eigenvalue weighted by Gasteiger charge is 2.70. The van der Waals surface area contributed by atoms with Crippen LogP contribution in [0.15, 0.2) is 12.2 Å². The van der Waals surface area contributed by atoms with Gasteiger partial charge in [-0.2, -0.15) is 0 Å². The van der Waals surface area contributed by atoms with E-state index in [2.05, 4.69) is 13.5 Å². The van der Waals surface area contributed by atoms with E-state index in [-0.39, 0.29) is 12.3 Å². The highest BCUT2D eigenvalue weighted by atomic mass is 16.8. The molecule has 0 amide bonds. The molecule has 10 rings (SSSR count). The van der Waals surface area contributed by atoms with Gasteiger partial charge in [-0.05, 0) is 86.5 Å². The Hall–Kier alpha value is -1.99. The third-order valence-electron chi connectivity index (χ3n) is 20.9. The van der Waals surface area contributed by atoms with E-state index < -0.39 is 252 Å². The highest BCUT2D eigenvalue weighted by molar-refractivity contribution is 5.77. The van der Waals surface area contributed by atoms with Crippen LogP contribution in [0.4, 0.5) is 0 Å². The van der Waals surface area contributed by atoms with E-state index in [1.807, 2.05) is 0 Å². The zero-order valence-electron chi connectivity index (χ0n) is 48.0. The summed E-state index contributed by atoms with van der Waals surface area (Å²) in [6.45, 7) is 3.49. The van der Waals surface area contributed by atoms with E-state index in [1.165, 1.54) is 0 Å². The summed E-state index contributed by atoms with van der Waals surface area (Å²) >= 11 is 0. The second-order valence-electron chi connectivity index (χ2n) is 26.0. The van der Waals surface area contributed by atoms with Crippen LogP contribution in [-0.2, 0) is 61.6 Å². The average Bonchev–Trinajstić information content (AvgIpc) is 1.71. The van der Waals surface area contributed by atoms with Gasteiger partial charge in [0, 0.05) is 0 Å². The van der Waals surface area contributed by atoms with Gasteiger partial charge in [0.05, 0.1) is 50.7 Å². The zero-order valence-corrected chi connectivity index (χ0v) is 48.0. The smallest absolute Gasteiger partial charge is 0.314 e. The summed E-state index contributed by atoms with van der Waals surface area (Å²) in [5, 5.41) is 204. The maximum absolute atomic E-state index is 15.3. The molecule has 32 nitrogen and oxygen atoms in total. The highest BCUT2D eigenvalue weighted by Crippen LogP contribution is 2.74. The topological polar surface area (TPSA) is 512 Å². The first-order valence-electron chi connectivity index (χ1n) is 29.8. The van der Waals surface area contributed by atoms with Crippen molar-refractivity contribution in [2.24, 2.45) is 28.1 Å². The van der Waals surface area contributed by atoms with Crippen LogP contribution in [-0.4, -0.2) is 326 Å². The molecule has 4 aliphatic carbocycles. The van der Waals surface area contributed by atoms with E-state index in [0.29, 0.717) is 56.9 Å². The molecule has 10 fully saturated rings. The Morgan fingerprint density at radius 2 is 0.885 bits per heavy atom. The normalized spacial score (nSPS) is 54.6. The summed E-state index contributed by atoms with van der Waals surface area (Å²) in [4.78, 5) is 15.3. The Bertz CT molecular complexity index is 2340. The van der Waals surface area contributed by atoms with Gasteiger partial charge in [-0.15, -0.1) is 0 Å². The summed E-state index contributed by atoms with van der Waals surface area (Å²) in [6, 6.07) is 0. The first-order valence-corrected chi connectivity index (χ1v) is 29.8. The lowest BCUT2D eigenvalue weighted by Gasteiger charge is -2.64. The van der Waals surface area contributed by atoms with Crippen molar-refractivity contribution in [1.29, 1.82) is 0 Å². The van der Waals surface area contributed by atoms with Crippen LogP contribution in [0.5, 0.6) is 0 Å². The minimum absolute atomic E-state index is 0.131. The van der Waals surface area contributed by atoms with Gasteiger partial charge in [-0.1, -0.05) is 19.9 Å². The molecule has 3 unspecified atom stereocenters. The Balaban J connectivity index is 0.915. The molecular weight excluding hydrogens is 1170 g/mol. The Morgan fingerprint density at radius 1 is 0.471 bits per heavy atom. The minimum atomic E-state index is -2.02. The van der Waals surface area contributed by atoms with Gasteiger partial charge in [0.1, 0.15) is 134 Å². The van der Waals surface area contributed by atoms with Crippen LogP contribution in [0, 0.1) is 28.1 Å². The number of carbonyl (C=O) groups is 1. The molecule has 19 N–H and O–H groups in total. The number of hydrogen-bond acceptors (Lipinski definition) is 32. The molecule has 0 radical (unpaired) electrons. The van der Waals surface area contributed by atoms with Gasteiger partial charge in [-0.25, -0.2) is 0 Å². The van der Waals surface area contributed by atoms with Gasteiger partial charge in [0.15, 0.2) is 37.6 Å². The van der Waals surface area contributed by atoms with Crippen LogP contribution in [0.1, 0.15) is 71.6 Å². The fraction of sp³-hybridized carbons (Fsp3) is 0.945. The van der Waals surface area contributed by atoms with Gasteiger partial charge < -0.3 is 154 Å². The van der Waals surface area contributed by atoms with Crippen molar-refractivity contribution >= 4 is 5.97 Å². The molecular formula is C55H88O32. The standard InChI is InChI=1S/C55H88O32/c1-19-11-54-9-5-26-52(2,7-4-8-53(26,3)51(75)86-49-43(84-45-37(71)28(62)20(61)17-76-45)41(32(66)24(15-59)80-49)82-46-38(72)34(68)29(63)21(12-56)77-46)27(54)6-10-55(19,18-54)87-50-44(85-48-40(74)36(70)31(65)23(14-58)79-48)42(33(67)25(16-60)81-50)83-47-39(73)35(69)30(64)22(13-57)78-47/h20-50,56-74H,1,4-18H2,2-3H3/t20-,21-,22-,23-,24-,25-,26?,27+,28+,29+,30-,31-,32-,33+,34+,35+,36+,37-,38-,39-,40-,41+,42+,43-,44-,45+,46+,47+,48+,49+,50+,52-,53-,54?,55?/m1/s1. The molecule has 35 atom stereocenters. The Kier molecular flexibility index (Phi) is 20.6. The second-order valence-corrected chi connectivity index (χ2v) is 26.0. The number of fused-ring (bicyclic) bond motifs is 3. The lowest BCUT2D eigenvalue weighted by molar-refractivity contribution is -0.400. The van der Waals surface area contributed by atoms with E-state index in [9.17, 15) is 97.0 Å². The number of aliphatic hydroxyl groups excluding tert-OH is 19. The van der Waals surface area contributed by atoms with E-state index in [1.54, 1.807) is 6.92 Å². The van der Waals surface area contributed by atoms with Crippen LogP contribution >= 0.6 is 0 Å². The molecule has 0 aromatic carbocycles. The van der Waals surface area contributed by atoms with Gasteiger partial charge >= 0.3 is 5.97 Å². The molecule has 87 heavy (non-hydrogen) atoms. The van der Waals surface area contributed by atoms with Crippen molar-refractivity contribution < 1.29 is 159 Å². The molecule has 2 bridgehead atoms. The molecule has 1 spiro atoms. The molecule has 6 heterocycles. The Labute approximate surface area is 498 Å². The lowest BCUT2D eigenvalue weighted by atomic mass is 9.41. The number of rotatable bonds is 17. The largest absolute Gasteiger partial charge is 0.432 e. The number of hydrogen-bond donors (Lipinski definition) is 19. The summed E-state index contributed by atoms with van der Waals surface area (Å²) in [5.41, 5.74) is -3.12.